The van der Waals surface area contributed by atoms with Crippen LogP contribution in [-0.2, 0) is 30.7 Å². The van der Waals surface area contributed by atoms with Gasteiger partial charge in [-0.1, -0.05) is 0 Å². The van der Waals surface area contributed by atoms with E-state index < -0.39 is 15.3 Å². The van der Waals surface area contributed by atoms with Crippen LogP contribution in [-0.4, -0.2) is 13.0 Å². The maximum absolute atomic E-state index is 11.6. The Labute approximate surface area is 154 Å². The zero-order valence-corrected chi connectivity index (χ0v) is 16.5. The van der Waals surface area contributed by atoms with Crippen LogP contribution >= 0.6 is 5.15 Å². The van der Waals surface area contributed by atoms with Crippen LogP contribution in [0.2, 0.25) is 0 Å². The summed E-state index contributed by atoms with van der Waals surface area (Å²) in [5.41, 5.74) is 0. The van der Waals surface area contributed by atoms with Crippen molar-refractivity contribution in [3.05, 3.63) is 84.9 Å². The van der Waals surface area contributed by atoms with Crippen LogP contribution in [0.3, 0.4) is 0 Å². The predicted octanol–water partition coefficient (Wildman–Crippen LogP) is 2.42. The van der Waals surface area contributed by atoms with Gasteiger partial charge < -0.3 is 0 Å². The van der Waals surface area contributed by atoms with E-state index >= 15 is 0 Å². The maximum atomic E-state index is 11.6. The Morgan fingerprint density at radius 3 is 1.62 bits per heavy atom. The topological polar surface area (TPSA) is 54.4 Å². The summed E-state index contributed by atoms with van der Waals surface area (Å²) in [6.45, 7) is 0. The van der Waals surface area contributed by atoms with Crippen molar-refractivity contribution in [1.29, 1.82) is 0 Å². The van der Waals surface area contributed by atoms with Gasteiger partial charge in [-0.15, -0.1) is 0 Å². The van der Waals surface area contributed by atoms with Crippen molar-refractivity contribution in [3.8, 4) is 0 Å². The quantitative estimate of drug-likeness (QED) is 0.315. The average Bonchev–Trinajstić information content (AvgIpc) is 2.62. The number of hydrogen-bond acceptors (Lipinski definition) is 2. The minimum atomic E-state index is -4.23. The van der Waals surface area contributed by atoms with Crippen molar-refractivity contribution < 1.29 is 33.5 Å². The molecule has 128 valence electrons. The standard InChI is InChI=1S/C18H15O3PS.Au/c19-23(20,21)18-13-7-12-17(14-18)22(15-8-3-1-4-9-15)16-10-5-2-6-11-16;/h1-14H,(H,19,20,21);/q;-1/p+1. The van der Waals surface area contributed by atoms with E-state index in [0.717, 1.165) is 15.9 Å². The molecule has 1 N–H and O–H groups in total. The molecule has 0 spiro atoms. The Morgan fingerprint density at radius 2 is 1.17 bits per heavy atom. The van der Waals surface area contributed by atoms with E-state index in [0.29, 0.717) is 0 Å². The van der Waals surface area contributed by atoms with Gasteiger partial charge in [-0.3, -0.25) is 0 Å². The first-order valence-electron chi connectivity index (χ1n) is 7.26. The molecule has 0 aliphatic rings. The molecule has 3 aromatic carbocycles. The molecule has 0 saturated carbocycles. The van der Waals surface area contributed by atoms with Crippen molar-refractivity contribution in [3.63, 3.8) is 0 Å². The third-order valence-electron chi connectivity index (χ3n) is 3.81. The summed E-state index contributed by atoms with van der Waals surface area (Å²) >= 11 is 2.72. The predicted molar refractivity (Wildman–Crippen MR) is 96.4 cm³/mol. The molecule has 0 unspecified atom stereocenters. The number of hydrogen-bond donors (Lipinski definition) is 1. The van der Waals surface area contributed by atoms with Gasteiger partial charge in [0.2, 0.25) is 0 Å². The fourth-order valence-electron chi connectivity index (χ4n) is 2.67. The van der Waals surface area contributed by atoms with Crippen LogP contribution < -0.4 is 15.9 Å². The van der Waals surface area contributed by atoms with Crippen LogP contribution in [0.25, 0.3) is 0 Å². The van der Waals surface area contributed by atoms with Gasteiger partial charge in [-0.05, 0) is 0 Å². The second kappa shape index (κ2) is 6.93. The summed E-state index contributed by atoms with van der Waals surface area (Å²) in [4.78, 5) is -0.0732. The molecule has 0 aliphatic carbocycles. The van der Waals surface area contributed by atoms with E-state index in [1.165, 1.54) is 6.07 Å². The van der Waals surface area contributed by atoms with Gasteiger partial charge in [0, 0.05) is 0 Å². The van der Waals surface area contributed by atoms with E-state index in [2.05, 4.69) is 44.8 Å². The number of benzene rings is 3. The SMILES string of the molecule is O=S(=O)(O)c1cccc([PH]([Au])(c2ccccc2)c2ccccc2)c1. The molecule has 0 atom stereocenters. The third kappa shape index (κ3) is 3.40. The van der Waals surface area contributed by atoms with E-state index in [4.69, 9.17) is 0 Å². The molecular weight excluding hydrogens is 524 g/mol. The van der Waals surface area contributed by atoms with Crippen LogP contribution in [0.15, 0.2) is 89.8 Å². The first-order chi connectivity index (χ1) is 11.4. The van der Waals surface area contributed by atoms with Gasteiger partial charge in [0.25, 0.3) is 0 Å². The molecule has 0 heterocycles. The Bertz CT molecular complexity index is 905. The summed E-state index contributed by atoms with van der Waals surface area (Å²) in [6.07, 6.45) is 0. The Kier molecular flexibility index (Phi) is 5.07. The van der Waals surface area contributed by atoms with Crippen LogP contribution in [0.4, 0.5) is 0 Å². The summed E-state index contributed by atoms with van der Waals surface area (Å²) in [7, 11) is -4.23. The molecule has 0 saturated heterocycles. The van der Waals surface area contributed by atoms with E-state index in [-0.39, 0.29) is 4.90 Å². The fraction of sp³-hybridized carbons (Fsp3) is 0. The Morgan fingerprint density at radius 1 is 0.708 bits per heavy atom. The van der Waals surface area contributed by atoms with Crippen molar-refractivity contribution in [2.75, 3.05) is 0 Å². The third-order valence-corrected chi connectivity index (χ3v) is 13.5. The van der Waals surface area contributed by atoms with Crippen molar-refractivity contribution in [2.45, 2.75) is 4.90 Å². The first kappa shape index (κ1) is 17.6. The molecule has 0 radical (unpaired) electrons. The average molecular weight is 540 g/mol. The Balaban J connectivity index is 2.28. The molecule has 0 bridgehead atoms. The summed E-state index contributed by atoms with van der Waals surface area (Å²) in [5.74, 6) is 0. The number of rotatable bonds is 4. The minimum absolute atomic E-state index is 0.0732. The van der Waals surface area contributed by atoms with Crippen LogP contribution in [0.1, 0.15) is 0 Å². The van der Waals surface area contributed by atoms with Crippen LogP contribution in [0, 0.1) is 0 Å². The van der Waals surface area contributed by atoms with E-state index in [1.54, 1.807) is 12.1 Å². The summed E-state index contributed by atoms with van der Waals surface area (Å²) in [5, 5.41) is 0.815. The second-order valence-electron chi connectivity index (χ2n) is 5.34. The molecule has 3 rings (SSSR count). The molecule has 3 nitrogen and oxygen atoms in total. The van der Waals surface area contributed by atoms with Crippen LogP contribution in [0.5, 0.6) is 0 Å². The van der Waals surface area contributed by atoms with Gasteiger partial charge in [0.1, 0.15) is 0 Å². The normalized spacial score (nSPS) is 12.8. The zero-order chi connectivity index (χ0) is 17.2. The van der Waals surface area contributed by atoms with Gasteiger partial charge in [-0.2, -0.15) is 0 Å². The summed E-state index contributed by atoms with van der Waals surface area (Å²) < 4.78 is 32.5. The fourth-order valence-corrected chi connectivity index (χ4v) is 9.39. The van der Waals surface area contributed by atoms with Gasteiger partial charge in [0.05, 0.1) is 0 Å². The molecule has 0 aliphatic heterocycles. The van der Waals surface area contributed by atoms with Gasteiger partial charge >= 0.3 is 155 Å². The van der Waals surface area contributed by atoms with E-state index in [1.807, 2.05) is 42.5 Å². The summed E-state index contributed by atoms with van der Waals surface area (Å²) in [6, 6.07) is 26.8. The molecule has 6 heteroatoms. The molecule has 0 aromatic heterocycles. The van der Waals surface area contributed by atoms with Gasteiger partial charge in [-0.25, -0.2) is 0 Å². The molecule has 3 aromatic rings. The molecule has 0 amide bonds. The second-order valence-corrected chi connectivity index (χ2v) is 14.6. The molecule has 0 fully saturated rings. The van der Waals surface area contributed by atoms with Crippen molar-refractivity contribution >= 4 is 31.2 Å². The monoisotopic (exact) mass is 540 g/mol. The Hall–Kier alpha value is -1.26. The van der Waals surface area contributed by atoms with E-state index in [9.17, 15) is 13.0 Å². The molecule has 24 heavy (non-hydrogen) atoms. The van der Waals surface area contributed by atoms with Crippen molar-refractivity contribution in [2.24, 2.45) is 0 Å². The van der Waals surface area contributed by atoms with Crippen molar-refractivity contribution in [1.82, 2.24) is 0 Å². The zero-order valence-electron chi connectivity index (χ0n) is 12.6. The van der Waals surface area contributed by atoms with Gasteiger partial charge in [0.15, 0.2) is 0 Å². The molecular formula is C18H16AuO3PS. The first-order valence-corrected chi connectivity index (χ1v) is 13.8.